The molecule has 4 N–H and O–H groups in total. The first-order valence-electron chi connectivity index (χ1n) is 6.33. The summed E-state index contributed by atoms with van der Waals surface area (Å²) < 4.78 is 1.15. The fourth-order valence-electron chi connectivity index (χ4n) is 1.62. The number of nitrogens with two attached hydrogens (primary N) is 1. The van der Waals surface area contributed by atoms with E-state index in [1.54, 1.807) is 11.3 Å². The summed E-state index contributed by atoms with van der Waals surface area (Å²) in [6, 6.07) is 7.58. The first kappa shape index (κ1) is 20.0. The molecule has 1 heterocycles. The van der Waals surface area contributed by atoms with E-state index in [1.165, 1.54) is 0 Å². The summed E-state index contributed by atoms with van der Waals surface area (Å²) in [5, 5.41) is 6.86. The third-order valence-corrected chi connectivity index (χ3v) is 3.77. The summed E-state index contributed by atoms with van der Waals surface area (Å²) in [6.07, 6.45) is 0.650. The quantitative estimate of drug-likeness (QED) is 0.698. The highest BCUT2D eigenvalue weighted by Gasteiger charge is 2.09. The van der Waals surface area contributed by atoms with Gasteiger partial charge in [-0.3, -0.25) is 4.79 Å². The Morgan fingerprint density at radius 2 is 2.10 bits per heavy atom. The van der Waals surface area contributed by atoms with E-state index in [1.807, 2.05) is 31.2 Å². The first-order valence-corrected chi connectivity index (χ1v) is 7.15. The molecule has 1 aromatic heterocycles. The highest BCUT2D eigenvalue weighted by molar-refractivity contribution is 7.59. The Labute approximate surface area is 141 Å². The molecule has 0 spiro atoms. The van der Waals surface area contributed by atoms with Gasteiger partial charge in [-0.05, 0) is 18.6 Å². The van der Waals surface area contributed by atoms with E-state index < -0.39 is 6.04 Å². The van der Waals surface area contributed by atoms with E-state index in [4.69, 9.17) is 5.73 Å². The number of aromatic nitrogens is 1. The Hall–Kier alpha value is -1.02. The Morgan fingerprint density at radius 3 is 2.76 bits per heavy atom. The second-order valence-corrected chi connectivity index (χ2v) is 5.25. The predicted molar refractivity (Wildman–Crippen MR) is 97.0 cm³/mol. The summed E-state index contributed by atoms with van der Waals surface area (Å²) >= 11 is 1.61. The standard InChI is InChI=1S/C13H18N4OS.ClH.H2S/c1-2-9(14)12(18)15-7-8-16-13-17-10-5-3-4-6-11(10)19-13;;/h3-6,9H,2,7-8,14H2,1H3,(H,15,18)(H,16,17);1H;1H2/t9-;;/m0../s1. The van der Waals surface area contributed by atoms with Gasteiger partial charge in [-0.1, -0.05) is 30.4 Å². The lowest BCUT2D eigenvalue weighted by atomic mass is 10.2. The highest BCUT2D eigenvalue weighted by atomic mass is 35.5. The van der Waals surface area contributed by atoms with Crippen molar-refractivity contribution in [3.63, 3.8) is 0 Å². The van der Waals surface area contributed by atoms with E-state index in [-0.39, 0.29) is 31.8 Å². The molecule has 0 radical (unpaired) electrons. The van der Waals surface area contributed by atoms with Gasteiger partial charge in [0.15, 0.2) is 5.13 Å². The van der Waals surface area contributed by atoms with E-state index in [2.05, 4.69) is 15.6 Å². The number of fused-ring (bicyclic) bond motifs is 1. The lowest BCUT2D eigenvalue weighted by Crippen LogP contribution is -2.41. The van der Waals surface area contributed by atoms with Crippen molar-refractivity contribution in [2.45, 2.75) is 19.4 Å². The van der Waals surface area contributed by atoms with Crippen molar-refractivity contribution in [1.29, 1.82) is 0 Å². The smallest absolute Gasteiger partial charge is 0.236 e. The van der Waals surface area contributed by atoms with Crippen molar-refractivity contribution in [2.24, 2.45) is 5.73 Å². The van der Waals surface area contributed by atoms with E-state index in [0.717, 1.165) is 15.3 Å². The second kappa shape index (κ2) is 9.83. The Balaban J connectivity index is 0.00000200. The molecular weight excluding hydrogens is 328 g/mol. The lowest BCUT2D eigenvalue weighted by Gasteiger charge is -2.09. The van der Waals surface area contributed by atoms with Crippen LogP contribution in [-0.4, -0.2) is 30.0 Å². The fourth-order valence-corrected chi connectivity index (χ4v) is 2.51. The molecule has 2 rings (SSSR count). The van der Waals surface area contributed by atoms with E-state index in [9.17, 15) is 4.79 Å². The largest absolute Gasteiger partial charge is 0.360 e. The zero-order valence-corrected chi connectivity index (χ0v) is 14.4. The van der Waals surface area contributed by atoms with Crippen molar-refractivity contribution in [3.05, 3.63) is 24.3 Å². The number of nitrogens with one attached hydrogen (secondary N) is 2. The van der Waals surface area contributed by atoms with Crippen molar-refractivity contribution in [2.75, 3.05) is 18.4 Å². The number of hydrogen-bond donors (Lipinski definition) is 3. The zero-order valence-electron chi connectivity index (χ0n) is 11.8. The van der Waals surface area contributed by atoms with Crippen molar-refractivity contribution < 1.29 is 4.79 Å². The highest BCUT2D eigenvalue weighted by Crippen LogP contribution is 2.24. The number of hydrogen-bond acceptors (Lipinski definition) is 5. The summed E-state index contributed by atoms with van der Waals surface area (Å²) in [4.78, 5) is 15.9. The number of carbonyl (C=O) groups excluding carboxylic acids is 1. The van der Waals surface area contributed by atoms with Crippen LogP contribution < -0.4 is 16.4 Å². The van der Waals surface area contributed by atoms with Crippen LogP contribution in [0.5, 0.6) is 0 Å². The minimum absolute atomic E-state index is 0. The van der Waals surface area contributed by atoms with Gasteiger partial charge in [0.1, 0.15) is 0 Å². The van der Waals surface area contributed by atoms with Crippen molar-refractivity contribution in [1.82, 2.24) is 10.3 Å². The lowest BCUT2D eigenvalue weighted by molar-refractivity contribution is -0.122. The van der Waals surface area contributed by atoms with Crippen LogP contribution in [0.2, 0.25) is 0 Å². The molecule has 21 heavy (non-hydrogen) atoms. The SMILES string of the molecule is CC[C@H](N)C(=O)NCCNc1nc2ccccc2s1.Cl.S. The van der Waals surface area contributed by atoms with Crippen molar-refractivity contribution >= 4 is 58.5 Å². The summed E-state index contributed by atoms with van der Waals surface area (Å²) in [7, 11) is 0. The first-order chi connectivity index (χ1) is 9.20. The topological polar surface area (TPSA) is 80.0 Å². The van der Waals surface area contributed by atoms with Gasteiger partial charge in [0, 0.05) is 13.1 Å². The number of halogens is 1. The van der Waals surface area contributed by atoms with Gasteiger partial charge < -0.3 is 16.4 Å². The number of anilines is 1. The Bertz CT molecular complexity index is 531. The van der Waals surface area contributed by atoms with Crippen LogP contribution in [0, 0.1) is 0 Å². The number of carbonyl (C=O) groups is 1. The van der Waals surface area contributed by atoms with E-state index >= 15 is 0 Å². The molecule has 0 fully saturated rings. The molecule has 0 saturated heterocycles. The monoisotopic (exact) mass is 348 g/mol. The van der Waals surface area contributed by atoms with Crippen molar-refractivity contribution in [3.8, 4) is 0 Å². The molecule has 0 aliphatic rings. The maximum absolute atomic E-state index is 11.4. The average molecular weight is 349 g/mol. The summed E-state index contributed by atoms with van der Waals surface area (Å²) in [5.74, 6) is -0.103. The van der Waals surface area contributed by atoms with Crippen LogP contribution >= 0.6 is 37.2 Å². The molecule has 5 nitrogen and oxygen atoms in total. The fraction of sp³-hybridized carbons (Fsp3) is 0.385. The maximum Gasteiger partial charge on any atom is 0.236 e. The third-order valence-electron chi connectivity index (χ3n) is 2.77. The molecule has 118 valence electrons. The molecule has 0 aliphatic carbocycles. The number of benzene rings is 1. The predicted octanol–water partition coefficient (Wildman–Crippen LogP) is 2.10. The number of thiazole rings is 1. The molecule has 2 aromatic rings. The molecule has 8 heteroatoms. The zero-order chi connectivity index (χ0) is 13.7. The van der Waals surface area contributed by atoms with Gasteiger partial charge in [-0.15, -0.1) is 12.4 Å². The molecule has 0 aliphatic heterocycles. The normalized spacial score (nSPS) is 11.1. The molecule has 1 atom stereocenters. The van der Waals surface area contributed by atoms with Crippen LogP contribution in [0.25, 0.3) is 10.2 Å². The molecule has 1 aromatic carbocycles. The maximum atomic E-state index is 11.4. The summed E-state index contributed by atoms with van der Waals surface area (Å²) in [6.45, 7) is 3.08. The second-order valence-electron chi connectivity index (χ2n) is 4.22. The molecule has 0 bridgehead atoms. The molecular formula is C13H21ClN4OS2. The summed E-state index contributed by atoms with van der Waals surface area (Å²) in [5.41, 5.74) is 6.61. The number of rotatable bonds is 6. The molecule has 0 saturated carbocycles. The number of amides is 1. The number of nitrogens with zero attached hydrogens (tertiary/aromatic N) is 1. The van der Waals surface area contributed by atoms with Crippen LogP contribution in [0.3, 0.4) is 0 Å². The third kappa shape index (κ3) is 5.70. The van der Waals surface area contributed by atoms with E-state index in [0.29, 0.717) is 19.5 Å². The minimum Gasteiger partial charge on any atom is -0.360 e. The molecule has 0 unspecified atom stereocenters. The van der Waals surface area contributed by atoms with Crippen LogP contribution in [0.1, 0.15) is 13.3 Å². The molecule has 1 amide bonds. The van der Waals surface area contributed by atoms with Gasteiger partial charge in [0.25, 0.3) is 0 Å². The number of para-hydroxylation sites is 1. The van der Waals surface area contributed by atoms with Crippen LogP contribution in [0.15, 0.2) is 24.3 Å². The van der Waals surface area contributed by atoms with Gasteiger partial charge in [0.05, 0.1) is 16.3 Å². The van der Waals surface area contributed by atoms with Gasteiger partial charge in [-0.2, -0.15) is 13.5 Å². The van der Waals surface area contributed by atoms with Gasteiger partial charge >= 0.3 is 0 Å². The van der Waals surface area contributed by atoms with Crippen LogP contribution in [-0.2, 0) is 4.79 Å². The average Bonchev–Trinajstić information content (AvgIpc) is 2.85. The van der Waals surface area contributed by atoms with Crippen LogP contribution in [0.4, 0.5) is 5.13 Å². The van der Waals surface area contributed by atoms with Gasteiger partial charge in [0.2, 0.25) is 5.91 Å². The minimum atomic E-state index is -0.414. The van der Waals surface area contributed by atoms with Gasteiger partial charge in [-0.25, -0.2) is 4.98 Å². The Kier molecular flexibility index (Phi) is 9.36. The Morgan fingerprint density at radius 1 is 1.38 bits per heavy atom.